The van der Waals surface area contributed by atoms with Gasteiger partial charge in [0, 0.05) is 24.4 Å². The van der Waals surface area contributed by atoms with Gasteiger partial charge in [0.15, 0.2) is 0 Å². The van der Waals surface area contributed by atoms with Crippen molar-refractivity contribution in [3.63, 3.8) is 0 Å². The van der Waals surface area contributed by atoms with Gasteiger partial charge in [0.05, 0.1) is 6.54 Å². The summed E-state index contributed by atoms with van der Waals surface area (Å²) in [6, 6.07) is 0.270. The van der Waals surface area contributed by atoms with Gasteiger partial charge in [-0.25, -0.2) is 0 Å². The van der Waals surface area contributed by atoms with Crippen molar-refractivity contribution in [1.82, 2.24) is 10.2 Å². The minimum Gasteiger partial charge on any atom is -0.342 e. The second kappa shape index (κ2) is 7.98. The van der Waals surface area contributed by atoms with E-state index in [1.807, 2.05) is 32.7 Å². The van der Waals surface area contributed by atoms with Crippen molar-refractivity contribution in [2.45, 2.75) is 51.3 Å². The van der Waals surface area contributed by atoms with Crippen molar-refractivity contribution in [1.29, 1.82) is 0 Å². The third-order valence-corrected chi connectivity index (χ3v) is 5.20. The number of rotatable bonds is 8. The average Bonchev–Trinajstić information content (AvgIpc) is 2.34. The lowest BCUT2D eigenvalue weighted by Gasteiger charge is -2.30. The van der Waals surface area contributed by atoms with Crippen LogP contribution in [-0.4, -0.2) is 48.0 Å². The summed E-state index contributed by atoms with van der Waals surface area (Å²) in [7, 11) is 1.86. The number of amides is 1. The minimum absolute atomic E-state index is 0.169. The van der Waals surface area contributed by atoms with Crippen LogP contribution in [0.1, 0.15) is 40.5 Å². The molecule has 0 saturated heterocycles. The van der Waals surface area contributed by atoms with Crippen molar-refractivity contribution in [2.75, 3.05) is 26.4 Å². The second-order valence-corrected chi connectivity index (χ2v) is 6.07. The zero-order valence-corrected chi connectivity index (χ0v) is 13.0. The Morgan fingerprint density at radius 1 is 1.35 bits per heavy atom. The van der Waals surface area contributed by atoms with Gasteiger partial charge in [-0.1, -0.05) is 13.8 Å². The van der Waals surface area contributed by atoms with E-state index in [9.17, 15) is 4.79 Å². The third-order valence-electron chi connectivity index (χ3n) is 3.61. The van der Waals surface area contributed by atoms with Gasteiger partial charge in [0.25, 0.3) is 0 Å². The fourth-order valence-electron chi connectivity index (χ4n) is 1.67. The molecule has 0 saturated carbocycles. The Kier molecular flexibility index (Phi) is 7.88. The van der Waals surface area contributed by atoms with Gasteiger partial charge >= 0.3 is 0 Å². The van der Waals surface area contributed by atoms with Crippen LogP contribution in [0.15, 0.2) is 0 Å². The quantitative estimate of drug-likeness (QED) is 0.727. The minimum atomic E-state index is 0.169. The number of nitrogens with one attached hydrogen (secondary N) is 1. The summed E-state index contributed by atoms with van der Waals surface area (Å²) in [5.74, 6) is 0.169. The van der Waals surface area contributed by atoms with Gasteiger partial charge in [-0.3, -0.25) is 4.79 Å². The van der Waals surface area contributed by atoms with Crippen molar-refractivity contribution in [2.24, 2.45) is 0 Å². The molecular weight excluding hydrogens is 232 g/mol. The topological polar surface area (TPSA) is 32.3 Å². The highest BCUT2D eigenvalue weighted by Crippen LogP contribution is 2.29. The number of hydrogen-bond donors (Lipinski definition) is 1. The first-order chi connectivity index (χ1) is 7.92. The first-order valence-corrected chi connectivity index (χ1v) is 7.66. The van der Waals surface area contributed by atoms with Crippen molar-refractivity contribution < 1.29 is 4.79 Å². The average molecular weight is 260 g/mol. The SMILES string of the molecule is CCC(CC)(CNCC(=O)N(C)C(C)C)SC. The molecule has 17 heavy (non-hydrogen) atoms. The Balaban J connectivity index is 4.09. The number of likely N-dealkylation sites (N-methyl/N-ethyl adjacent to an activating group) is 1. The second-order valence-electron chi connectivity index (χ2n) is 4.80. The van der Waals surface area contributed by atoms with Gasteiger partial charge < -0.3 is 10.2 Å². The summed E-state index contributed by atoms with van der Waals surface area (Å²) in [6.45, 7) is 9.83. The predicted octanol–water partition coefficient (Wildman–Crippen LogP) is 2.36. The first kappa shape index (κ1) is 16.8. The number of carbonyl (C=O) groups excluding carboxylic acids is 1. The van der Waals surface area contributed by atoms with Crippen LogP contribution in [0.5, 0.6) is 0 Å². The fraction of sp³-hybridized carbons (Fsp3) is 0.923. The zero-order valence-electron chi connectivity index (χ0n) is 12.2. The summed E-state index contributed by atoms with van der Waals surface area (Å²) in [6.07, 6.45) is 4.41. The molecule has 0 radical (unpaired) electrons. The molecule has 102 valence electrons. The summed E-state index contributed by atoms with van der Waals surface area (Å²) >= 11 is 1.90. The molecule has 0 fully saturated rings. The van der Waals surface area contributed by atoms with Gasteiger partial charge in [0.2, 0.25) is 5.91 Å². The standard InChI is InChI=1S/C13H28N2OS/c1-7-13(8-2,17-6)10-14-9-12(16)15(5)11(3)4/h11,14H,7-10H2,1-6H3. The molecule has 0 aliphatic rings. The molecule has 0 aromatic rings. The van der Waals surface area contributed by atoms with Crippen LogP contribution in [0.3, 0.4) is 0 Å². The van der Waals surface area contributed by atoms with Crippen LogP contribution in [0.2, 0.25) is 0 Å². The molecule has 0 aliphatic carbocycles. The van der Waals surface area contributed by atoms with E-state index in [2.05, 4.69) is 25.4 Å². The lowest BCUT2D eigenvalue weighted by molar-refractivity contribution is -0.130. The van der Waals surface area contributed by atoms with E-state index in [4.69, 9.17) is 0 Å². The van der Waals surface area contributed by atoms with E-state index < -0.39 is 0 Å². The molecule has 0 unspecified atom stereocenters. The van der Waals surface area contributed by atoms with E-state index in [1.165, 1.54) is 0 Å². The van der Waals surface area contributed by atoms with E-state index in [1.54, 1.807) is 4.90 Å². The Labute approximate surface area is 111 Å². The summed E-state index contributed by atoms with van der Waals surface area (Å²) < 4.78 is 0.274. The molecule has 0 spiro atoms. The molecule has 0 rings (SSSR count). The monoisotopic (exact) mass is 260 g/mol. The van der Waals surface area contributed by atoms with Crippen LogP contribution in [0.25, 0.3) is 0 Å². The summed E-state index contributed by atoms with van der Waals surface area (Å²) in [5.41, 5.74) is 0. The lowest BCUT2D eigenvalue weighted by Crippen LogP contribution is -2.44. The smallest absolute Gasteiger partial charge is 0.236 e. The molecule has 1 N–H and O–H groups in total. The number of thioether (sulfide) groups is 1. The van der Waals surface area contributed by atoms with Gasteiger partial charge in [-0.15, -0.1) is 0 Å². The predicted molar refractivity (Wildman–Crippen MR) is 77.6 cm³/mol. The molecule has 4 heteroatoms. The fourth-order valence-corrected chi connectivity index (χ4v) is 2.49. The molecule has 0 atom stereocenters. The maximum Gasteiger partial charge on any atom is 0.236 e. The Hall–Kier alpha value is -0.220. The molecule has 0 heterocycles. The first-order valence-electron chi connectivity index (χ1n) is 6.44. The van der Waals surface area contributed by atoms with Gasteiger partial charge in [0.1, 0.15) is 0 Å². The van der Waals surface area contributed by atoms with E-state index in [0.717, 1.165) is 19.4 Å². The van der Waals surface area contributed by atoms with Crippen LogP contribution in [-0.2, 0) is 4.79 Å². The molecule has 0 aromatic heterocycles. The summed E-state index contributed by atoms with van der Waals surface area (Å²) in [4.78, 5) is 13.6. The van der Waals surface area contributed by atoms with Crippen LogP contribution in [0, 0.1) is 0 Å². The highest BCUT2D eigenvalue weighted by atomic mass is 32.2. The Morgan fingerprint density at radius 2 is 1.88 bits per heavy atom. The van der Waals surface area contributed by atoms with Gasteiger partial charge in [-0.05, 0) is 32.9 Å². The van der Waals surface area contributed by atoms with Crippen molar-refractivity contribution in [3.05, 3.63) is 0 Å². The normalized spacial score (nSPS) is 11.9. The maximum absolute atomic E-state index is 11.8. The summed E-state index contributed by atoms with van der Waals surface area (Å²) in [5, 5.41) is 3.30. The molecule has 0 bridgehead atoms. The number of nitrogens with zero attached hydrogens (tertiary/aromatic N) is 1. The van der Waals surface area contributed by atoms with E-state index in [0.29, 0.717) is 6.54 Å². The molecule has 0 aromatic carbocycles. The van der Waals surface area contributed by atoms with E-state index >= 15 is 0 Å². The number of carbonyl (C=O) groups is 1. The Morgan fingerprint density at radius 3 is 2.24 bits per heavy atom. The van der Waals surface area contributed by atoms with Crippen molar-refractivity contribution in [3.8, 4) is 0 Å². The highest BCUT2D eigenvalue weighted by molar-refractivity contribution is 8.00. The molecule has 1 amide bonds. The van der Waals surface area contributed by atoms with E-state index in [-0.39, 0.29) is 16.7 Å². The Bertz CT molecular complexity index is 219. The van der Waals surface area contributed by atoms with Crippen LogP contribution < -0.4 is 5.32 Å². The highest BCUT2D eigenvalue weighted by Gasteiger charge is 2.24. The zero-order chi connectivity index (χ0) is 13.5. The molecule has 0 aliphatic heterocycles. The molecule has 3 nitrogen and oxygen atoms in total. The number of hydrogen-bond acceptors (Lipinski definition) is 3. The van der Waals surface area contributed by atoms with Crippen LogP contribution >= 0.6 is 11.8 Å². The largest absolute Gasteiger partial charge is 0.342 e. The third kappa shape index (κ3) is 5.30. The lowest BCUT2D eigenvalue weighted by atomic mass is 10.0. The van der Waals surface area contributed by atoms with Gasteiger partial charge in [-0.2, -0.15) is 11.8 Å². The maximum atomic E-state index is 11.8. The van der Waals surface area contributed by atoms with Crippen LogP contribution in [0.4, 0.5) is 0 Å². The van der Waals surface area contributed by atoms with Crippen molar-refractivity contribution >= 4 is 17.7 Å². The molecular formula is C13H28N2OS.